The molecular weight excluding hydrogens is 262 g/mol. The number of aryl methyl sites for hydroxylation is 1. The Labute approximate surface area is 120 Å². The second kappa shape index (κ2) is 7.17. The first-order valence-electron chi connectivity index (χ1n) is 7.03. The molecule has 0 saturated carbocycles. The molecule has 0 N–H and O–H groups in total. The van der Waals surface area contributed by atoms with Crippen LogP contribution in [0.1, 0.15) is 43.5 Å². The van der Waals surface area contributed by atoms with E-state index in [2.05, 4.69) is 28.7 Å². The molecule has 2 heterocycles. The summed E-state index contributed by atoms with van der Waals surface area (Å²) >= 11 is 5.93. The minimum Gasteiger partial charge on any atom is -0.368 e. The number of alkyl halides is 1. The molecule has 19 heavy (non-hydrogen) atoms. The van der Waals surface area contributed by atoms with Crippen molar-refractivity contribution in [3.05, 3.63) is 23.3 Å². The van der Waals surface area contributed by atoms with Gasteiger partial charge in [0.25, 0.3) is 0 Å². The molecule has 5 heteroatoms. The van der Waals surface area contributed by atoms with Crippen molar-refractivity contribution in [1.82, 2.24) is 14.9 Å². The van der Waals surface area contributed by atoms with E-state index in [1.807, 2.05) is 6.20 Å². The Balaban J connectivity index is 2.17. The fraction of sp³-hybridized carbons (Fsp3) is 0.714. The van der Waals surface area contributed by atoms with E-state index in [0.29, 0.717) is 5.88 Å². The third kappa shape index (κ3) is 3.65. The maximum Gasteiger partial charge on any atom is 0.158 e. The van der Waals surface area contributed by atoms with Crippen molar-refractivity contribution in [3.8, 4) is 0 Å². The van der Waals surface area contributed by atoms with Crippen molar-refractivity contribution in [2.75, 3.05) is 26.2 Å². The first-order chi connectivity index (χ1) is 9.28. The minimum absolute atomic E-state index is 0.00585. The topological polar surface area (TPSA) is 38.2 Å². The van der Waals surface area contributed by atoms with Crippen molar-refractivity contribution >= 4 is 11.6 Å². The molecule has 0 bridgehead atoms. The summed E-state index contributed by atoms with van der Waals surface area (Å²) < 4.78 is 5.80. The van der Waals surface area contributed by atoms with Crippen LogP contribution >= 0.6 is 11.6 Å². The summed E-state index contributed by atoms with van der Waals surface area (Å²) in [5, 5.41) is 0. The maximum absolute atomic E-state index is 5.93. The monoisotopic (exact) mass is 283 g/mol. The van der Waals surface area contributed by atoms with Gasteiger partial charge in [-0.2, -0.15) is 0 Å². The molecular formula is C14H22ClN3O. The van der Waals surface area contributed by atoms with E-state index in [1.165, 1.54) is 0 Å². The number of likely N-dealkylation sites (N-methyl/N-ethyl adjacent to an activating group) is 1. The SMILES string of the molecule is CCCc1nc(C2CN(CC)CCO2)ncc1CCl. The third-order valence-corrected chi connectivity index (χ3v) is 3.78. The number of morpholine rings is 1. The van der Waals surface area contributed by atoms with Gasteiger partial charge >= 0.3 is 0 Å². The molecule has 1 fully saturated rings. The number of hydrogen-bond donors (Lipinski definition) is 0. The Bertz CT molecular complexity index is 414. The summed E-state index contributed by atoms with van der Waals surface area (Å²) in [7, 11) is 0. The second-order valence-electron chi connectivity index (χ2n) is 4.84. The molecule has 2 rings (SSSR count). The van der Waals surface area contributed by atoms with Gasteiger partial charge in [-0.1, -0.05) is 20.3 Å². The van der Waals surface area contributed by atoms with Crippen LogP contribution in [0.3, 0.4) is 0 Å². The van der Waals surface area contributed by atoms with E-state index in [9.17, 15) is 0 Å². The predicted octanol–water partition coefficient (Wildman–Crippen LogP) is 2.56. The van der Waals surface area contributed by atoms with Gasteiger partial charge < -0.3 is 4.74 Å². The first kappa shape index (κ1) is 14.7. The van der Waals surface area contributed by atoms with Crippen LogP contribution in [-0.4, -0.2) is 41.1 Å². The molecule has 0 aromatic carbocycles. The Morgan fingerprint density at radius 2 is 2.32 bits per heavy atom. The van der Waals surface area contributed by atoms with Crippen LogP contribution in [-0.2, 0) is 17.0 Å². The van der Waals surface area contributed by atoms with Crippen molar-refractivity contribution < 1.29 is 4.74 Å². The largest absolute Gasteiger partial charge is 0.368 e. The van der Waals surface area contributed by atoms with E-state index in [4.69, 9.17) is 16.3 Å². The first-order valence-corrected chi connectivity index (χ1v) is 7.56. The molecule has 0 amide bonds. The number of hydrogen-bond acceptors (Lipinski definition) is 4. The normalized spacial score (nSPS) is 20.7. The lowest BCUT2D eigenvalue weighted by Crippen LogP contribution is -2.38. The molecule has 0 aliphatic carbocycles. The molecule has 1 unspecified atom stereocenters. The van der Waals surface area contributed by atoms with Gasteiger partial charge in [0.1, 0.15) is 6.10 Å². The maximum atomic E-state index is 5.93. The number of aromatic nitrogens is 2. The van der Waals surface area contributed by atoms with E-state index < -0.39 is 0 Å². The molecule has 1 aliphatic rings. The van der Waals surface area contributed by atoms with Gasteiger partial charge in [0, 0.05) is 30.5 Å². The zero-order valence-electron chi connectivity index (χ0n) is 11.7. The van der Waals surface area contributed by atoms with Crippen molar-refractivity contribution in [3.63, 3.8) is 0 Å². The molecule has 106 valence electrons. The van der Waals surface area contributed by atoms with Gasteiger partial charge in [-0.3, -0.25) is 4.90 Å². The number of nitrogens with zero attached hydrogens (tertiary/aromatic N) is 3. The Kier molecular flexibility index (Phi) is 5.55. The Hall–Kier alpha value is -0.710. The van der Waals surface area contributed by atoms with Crippen LogP contribution in [0.25, 0.3) is 0 Å². The number of ether oxygens (including phenoxy) is 1. The Morgan fingerprint density at radius 1 is 1.47 bits per heavy atom. The zero-order chi connectivity index (χ0) is 13.7. The van der Waals surface area contributed by atoms with Gasteiger partial charge in [0.05, 0.1) is 12.5 Å². The highest BCUT2D eigenvalue weighted by Gasteiger charge is 2.23. The van der Waals surface area contributed by atoms with Gasteiger partial charge in [0.15, 0.2) is 5.82 Å². The highest BCUT2D eigenvalue weighted by Crippen LogP contribution is 2.21. The molecule has 1 atom stereocenters. The van der Waals surface area contributed by atoms with Crippen LogP contribution < -0.4 is 0 Å². The van der Waals surface area contributed by atoms with Crippen LogP contribution in [0.4, 0.5) is 0 Å². The molecule has 1 aromatic heterocycles. The van der Waals surface area contributed by atoms with E-state index in [1.54, 1.807) is 0 Å². The van der Waals surface area contributed by atoms with Crippen molar-refractivity contribution in [2.24, 2.45) is 0 Å². The van der Waals surface area contributed by atoms with E-state index in [-0.39, 0.29) is 6.10 Å². The van der Waals surface area contributed by atoms with Gasteiger partial charge in [-0.25, -0.2) is 9.97 Å². The molecule has 0 spiro atoms. The molecule has 1 saturated heterocycles. The van der Waals surface area contributed by atoms with Crippen LogP contribution in [0.15, 0.2) is 6.20 Å². The standard InChI is InChI=1S/C14H22ClN3O/c1-3-5-12-11(8-15)9-16-14(17-12)13-10-18(4-2)6-7-19-13/h9,13H,3-8,10H2,1-2H3. The summed E-state index contributed by atoms with van der Waals surface area (Å²) in [5.41, 5.74) is 2.11. The quantitative estimate of drug-likeness (QED) is 0.779. The molecule has 1 aromatic rings. The third-order valence-electron chi connectivity index (χ3n) is 3.49. The summed E-state index contributed by atoms with van der Waals surface area (Å²) in [5.74, 6) is 1.28. The highest BCUT2D eigenvalue weighted by molar-refractivity contribution is 6.17. The van der Waals surface area contributed by atoms with Crippen LogP contribution in [0.2, 0.25) is 0 Å². The van der Waals surface area contributed by atoms with Crippen LogP contribution in [0, 0.1) is 0 Å². The lowest BCUT2D eigenvalue weighted by Gasteiger charge is -2.31. The number of rotatable bonds is 5. The average Bonchev–Trinajstić information content (AvgIpc) is 2.47. The fourth-order valence-corrected chi connectivity index (χ4v) is 2.55. The van der Waals surface area contributed by atoms with E-state index >= 15 is 0 Å². The Morgan fingerprint density at radius 3 is 3.00 bits per heavy atom. The van der Waals surface area contributed by atoms with Gasteiger partial charge in [0.2, 0.25) is 0 Å². The van der Waals surface area contributed by atoms with Crippen LogP contribution in [0.5, 0.6) is 0 Å². The molecule has 4 nitrogen and oxygen atoms in total. The van der Waals surface area contributed by atoms with Gasteiger partial charge in [-0.15, -0.1) is 11.6 Å². The molecule has 1 aliphatic heterocycles. The minimum atomic E-state index is -0.00585. The van der Waals surface area contributed by atoms with Crippen molar-refractivity contribution in [2.45, 2.75) is 38.7 Å². The molecule has 0 radical (unpaired) electrons. The average molecular weight is 284 g/mol. The second-order valence-corrected chi connectivity index (χ2v) is 5.10. The lowest BCUT2D eigenvalue weighted by molar-refractivity contribution is -0.0326. The summed E-state index contributed by atoms with van der Waals surface area (Å²) in [6.45, 7) is 7.98. The highest BCUT2D eigenvalue weighted by atomic mass is 35.5. The predicted molar refractivity (Wildman–Crippen MR) is 76.4 cm³/mol. The summed E-state index contributed by atoms with van der Waals surface area (Å²) in [6.07, 6.45) is 3.86. The van der Waals surface area contributed by atoms with Crippen molar-refractivity contribution in [1.29, 1.82) is 0 Å². The fourth-order valence-electron chi connectivity index (χ4n) is 2.32. The smallest absolute Gasteiger partial charge is 0.158 e. The number of halogens is 1. The summed E-state index contributed by atoms with van der Waals surface area (Å²) in [6, 6.07) is 0. The summed E-state index contributed by atoms with van der Waals surface area (Å²) in [4.78, 5) is 11.5. The van der Waals surface area contributed by atoms with E-state index in [0.717, 1.165) is 56.2 Å². The lowest BCUT2D eigenvalue weighted by atomic mass is 10.1. The zero-order valence-corrected chi connectivity index (χ0v) is 12.5. The van der Waals surface area contributed by atoms with Gasteiger partial charge in [-0.05, 0) is 13.0 Å².